The van der Waals surface area contributed by atoms with Gasteiger partial charge in [0.25, 0.3) is 0 Å². The lowest BCUT2D eigenvalue weighted by Crippen LogP contribution is -2.28. The van der Waals surface area contributed by atoms with Gasteiger partial charge in [-0.25, -0.2) is 0 Å². The number of carbonyl (C=O) groups is 1. The lowest BCUT2D eigenvalue weighted by atomic mass is 9.87. The van der Waals surface area contributed by atoms with Gasteiger partial charge in [0.1, 0.15) is 0 Å². The molecule has 2 nitrogen and oxygen atoms in total. The fourth-order valence-electron chi connectivity index (χ4n) is 2.64. The third-order valence-electron chi connectivity index (χ3n) is 4.01. The highest BCUT2D eigenvalue weighted by molar-refractivity contribution is 5.78. The quantitative estimate of drug-likeness (QED) is 0.879. The standard InChI is InChI=1S/C17H25NO/c1-17(2,3)15-10-8-13(9-11-15)12-18-16(19)14-6-4-5-7-14/h8-11,14H,4-7,12H2,1-3H3,(H,18,19). The minimum absolute atomic E-state index is 0.186. The summed E-state index contributed by atoms with van der Waals surface area (Å²) in [6, 6.07) is 8.57. The first-order chi connectivity index (χ1) is 8.97. The monoisotopic (exact) mass is 259 g/mol. The van der Waals surface area contributed by atoms with Crippen LogP contribution in [0.15, 0.2) is 24.3 Å². The smallest absolute Gasteiger partial charge is 0.223 e. The van der Waals surface area contributed by atoms with Crippen LogP contribution in [0.25, 0.3) is 0 Å². The fraction of sp³-hybridized carbons (Fsp3) is 0.588. The Morgan fingerprint density at radius 3 is 2.26 bits per heavy atom. The summed E-state index contributed by atoms with van der Waals surface area (Å²) in [5.74, 6) is 0.492. The van der Waals surface area contributed by atoms with Crippen molar-refractivity contribution >= 4 is 5.91 Å². The molecule has 1 aromatic rings. The average molecular weight is 259 g/mol. The van der Waals surface area contributed by atoms with E-state index in [4.69, 9.17) is 0 Å². The normalized spacial score (nSPS) is 16.6. The Labute approximate surface area is 116 Å². The van der Waals surface area contributed by atoms with E-state index in [-0.39, 0.29) is 17.2 Å². The van der Waals surface area contributed by atoms with E-state index in [1.54, 1.807) is 0 Å². The predicted octanol–water partition coefficient (Wildman–Crippen LogP) is 3.79. The summed E-state index contributed by atoms with van der Waals surface area (Å²) >= 11 is 0. The maximum absolute atomic E-state index is 11.9. The molecule has 0 unspecified atom stereocenters. The van der Waals surface area contributed by atoms with Gasteiger partial charge >= 0.3 is 0 Å². The van der Waals surface area contributed by atoms with Crippen molar-refractivity contribution in [2.24, 2.45) is 5.92 Å². The summed E-state index contributed by atoms with van der Waals surface area (Å²) in [4.78, 5) is 11.9. The zero-order chi connectivity index (χ0) is 13.9. The SMILES string of the molecule is CC(C)(C)c1ccc(CNC(=O)C2CCCC2)cc1. The highest BCUT2D eigenvalue weighted by Gasteiger charge is 2.22. The molecule has 2 heteroatoms. The van der Waals surface area contributed by atoms with Gasteiger partial charge in [-0.1, -0.05) is 57.9 Å². The van der Waals surface area contributed by atoms with E-state index in [1.807, 2.05) is 0 Å². The molecule has 1 fully saturated rings. The number of nitrogens with one attached hydrogen (secondary N) is 1. The molecule has 19 heavy (non-hydrogen) atoms. The minimum Gasteiger partial charge on any atom is -0.352 e. The molecule has 1 aliphatic carbocycles. The topological polar surface area (TPSA) is 29.1 Å². The summed E-state index contributed by atoms with van der Waals surface area (Å²) in [5, 5.41) is 3.06. The van der Waals surface area contributed by atoms with Gasteiger partial charge in [-0.3, -0.25) is 4.79 Å². The molecule has 2 rings (SSSR count). The summed E-state index contributed by atoms with van der Waals surface area (Å²) in [6.07, 6.45) is 4.54. The third kappa shape index (κ3) is 3.82. The van der Waals surface area contributed by atoms with Crippen molar-refractivity contribution in [1.82, 2.24) is 5.32 Å². The highest BCUT2D eigenvalue weighted by Crippen LogP contribution is 2.25. The molecule has 0 heterocycles. The van der Waals surface area contributed by atoms with Gasteiger partial charge in [0, 0.05) is 12.5 Å². The van der Waals surface area contributed by atoms with Crippen molar-refractivity contribution in [2.45, 2.75) is 58.4 Å². The molecule has 1 saturated carbocycles. The van der Waals surface area contributed by atoms with Gasteiger partial charge < -0.3 is 5.32 Å². The predicted molar refractivity (Wildman–Crippen MR) is 78.9 cm³/mol. The van der Waals surface area contributed by atoms with Crippen molar-refractivity contribution in [3.8, 4) is 0 Å². The molecule has 1 amide bonds. The van der Waals surface area contributed by atoms with Crippen molar-refractivity contribution in [3.63, 3.8) is 0 Å². The maximum atomic E-state index is 11.9. The van der Waals surface area contributed by atoms with E-state index in [1.165, 1.54) is 24.0 Å². The van der Waals surface area contributed by atoms with Crippen molar-refractivity contribution in [3.05, 3.63) is 35.4 Å². The molecule has 104 valence electrons. The van der Waals surface area contributed by atoms with Crippen molar-refractivity contribution in [2.75, 3.05) is 0 Å². The second-order valence-electron chi connectivity index (χ2n) is 6.65. The molecular formula is C17H25NO. The molecular weight excluding hydrogens is 234 g/mol. The lowest BCUT2D eigenvalue weighted by molar-refractivity contribution is -0.124. The van der Waals surface area contributed by atoms with E-state index in [2.05, 4.69) is 50.4 Å². The van der Waals surface area contributed by atoms with Crippen LogP contribution in [0.5, 0.6) is 0 Å². The Bertz CT molecular complexity index is 422. The second-order valence-corrected chi connectivity index (χ2v) is 6.65. The van der Waals surface area contributed by atoms with Crippen LogP contribution in [0.1, 0.15) is 57.6 Å². The highest BCUT2D eigenvalue weighted by atomic mass is 16.1. The summed E-state index contributed by atoms with van der Waals surface area (Å²) in [6.45, 7) is 7.29. The number of benzene rings is 1. The van der Waals surface area contributed by atoms with E-state index in [0.29, 0.717) is 6.54 Å². The Morgan fingerprint density at radius 1 is 1.16 bits per heavy atom. The largest absolute Gasteiger partial charge is 0.352 e. The van der Waals surface area contributed by atoms with Crippen molar-refractivity contribution < 1.29 is 4.79 Å². The number of hydrogen-bond acceptors (Lipinski definition) is 1. The Morgan fingerprint density at radius 2 is 1.74 bits per heavy atom. The van der Waals surface area contributed by atoms with Gasteiger partial charge in [0.05, 0.1) is 0 Å². The van der Waals surface area contributed by atoms with Crippen LogP contribution in [0.3, 0.4) is 0 Å². The van der Waals surface area contributed by atoms with Crippen LogP contribution >= 0.6 is 0 Å². The molecule has 0 aromatic heterocycles. The average Bonchev–Trinajstić information content (AvgIpc) is 2.89. The molecule has 0 bridgehead atoms. The van der Waals surface area contributed by atoms with Gasteiger partial charge in [-0.05, 0) is 29.4 Å². The van der Waals surface area contributed by atoms with Crippen LogP contribution in [-0.2, 0) is 16.8 Å². The minimum atomic E-state index is 0.186. The first kappa shape index (κ1) is 14.1. The van der Waals surface area contributed by atoms with Crippen LogP contribution < -0.4 is 5.32 Å². The van der Waals surface area contributed by atoms with Gasteiger partial charge in [0.15, 0.2) is 0 Å². The molecule has 0 spiro atoms. The van der Waals surface area contributed by atoms with Crippen LogP contribution in [0.2, 0.25) is 0 Å². The van der Waals surface area contributed by atoms with E-state index >= 15 is 0 Å². The number of amides is 1. The van der Waals surface area contributed by atoms with Gasteiger partial charge in [-0.15, -0.1) is 0 Å². The van der Waals surface area contributed by atoms with E-state index in [0.717, 1.165) is 12.8 Å². The van der Waals surface area contributed by atoms with E-state index in [9.17, 15) is 4.79 Å². The maximum Gasteiger partial charge on any atom is 0.223 e. The van der Waals surface area contributed by atoms with Crippen molar-refractivity contribution in [1.29, 1.82) is 0 Å². The zero-order valence-electron chi connectivity index (χ0n) is 12.3. The number of hydrogen-bond donors (Lipinski definition) is 1. The zero-order valence-corrected chi connectivity index (χ0v) is 12.3. The fourth-order valence-corrected chi connectivity index (χ4v) is 2.64. The van der Waals surface area contributed by atoms with Crippen LogP contribution in [-0.4, -0.2) is 5.91 Å². The first-order valence-electron chi connectivity index (χ1n) is 7.34. The lowest BCUT2D eigenvalue weighted by Gasteiger charge is -2.19. The van der Waals surface area contributed by atoms with Crippen LogP contribution in [0, 0.1) is 5.92 Å². The molecule has 0 saturated heterocycles. The van der Waals surface area contributed by atoms with E-state index < -0.39 is 0 Å². The van der Waals surface area contributed by atoms with Gasteiger partial charge in [-0.2, -0.15) is 0 Å². The number of carbonyl (C=O) groups excluding carboxylic acids is 1. The summed E-state index contributed by atoms with van der Waals surface area (Å²) in [5.41, 5.74) is 2.70. The van der Waals surface area contributed by atoms with Gasteiger partial charge in [0.2, 0.25) is 5.91 Å². The first-order valence-corrected chi connectivity index (χ1v) is 7.34. The molecule has 0 aliphatic heterocycles. The molecule has 1 N–H and O–H groups in total. The molecule has 0 radical (unpaired) electrons. The second kappa shape index (κ2) is 5.77. The molecule has 0 atom stereocenters. The summed E-state index contributed by atoms with van der Waals surface area (Å²) in [7, 11) is 0. The summed E-state index contributed by atoms with van der Waals surface area (Å²) < 4.78 is 0. The molecule has 1 aliphatic rings. The number of rotatable bonds is 3. The Balaban J connectivity index is 1.87. The molecule has 1 aromatic carbocycles. The third-order valence-corrected chi connectivity index (χ3v) is 4.01. The Hall–Kier alpha value is -1.31. The Kier molecular flexibility index (Phi) is 4.28. The van der Waals surface area contributed by atoms with Crippen LogP contribution in [0.4, 0.5) is 0 Å².